The van der Waals surface area contributed by atoms with E-state index in [1.807, 2.05) is 0 Å². The Bertz CT molecular complexity index is 1340. The van der Waals surface area contributed by atoms with Gasteiger partial charge in [-0.05, 0) is 90.9 Å². The largest absolute Gasteiger partial charge is 0.463 e. The summed E-state index contributed by atoms with van der Waals surface area (Å²) in [6.07, 6.45) is 23.2. The number of anilines is 3. The SMILES string of the molecule is C=CC(=O)OCCCCN(c1nc(N(CCCCOC(=O)C(=C)C)C2CCCCC2)nc(N(CCCCOC(=O)C(=C)C)C2CCCCC2)n1)C1CCCCC1. The fraction of sp³-hybridized carbons (Fsp3) is 0.727. The molecule has 3 saturated carbocycles. The van der Waals surface area contributed by atoms with Gasteiger partial charge in [-0.1, -0.05) is 77.5 Å². The first-order chi connectivity index (χ1) is 27.2. The Morgan fingerprint density at radius 3 is 1.12 bits per heavy atom. The van der Waals surface area contributed by atoms with Crippen LogP contribution in [0.15, 0.2) is 37.0 Å². The lowest BCUT2D eigenvalue weighted by Crippen LogP contribution is -2.43. The number of hydrogen-bond donors (Lipinski definition) is 0. The molecule has 4 rings (SSSR count). The van der Waals surface area contributed by atoms with Crippen molar-refractivity contribution in [2.45, 2.75) is 167 Å². The van der Waals surface area contributed by atoms with Crippen molar-refractivity contribution < 1.29 is 28.6 Å². The Balaban J connectivity index is 1.69. The maximum Gasteiger partial charge on any atom is 0.333 e. The third kappa shape index (κ3) is 14.8. The van der Waals surface area contributed by atoms with E-state index in [1.54, 1.807) is 13.8 Å². The van der Waals surface area contributed by atoms with Crippen LogP contribution in [0.25, 0.3) is 0 Å². The number of nitrogens with zero attached hydrogens (tertiary/aromatic N) is 6. The van der Waals surface area contributed by atoms with Crippen LogP contribution >= 0.6 is 0 Å². The number of ether oxygens (including phenoxy) is 3. The number of carbonyl (C=O) groups excluding carboxylic acids is 3. The van der Waals surface area contributed by atoms with Crippen LogP contribution in [0.3, 0.4) is 0 Å². The highest BCUT2D eigenvalue weighted by molar-refractivity contribution is 5.87. The van der Waals surface area contributed by atoms with Crippen molar-refractivity contribution in [2.75, 3.05) is 54.2 Å². The predicted octanol–water partition coefficient (Wildman–Crippen LogP) is 8.60. The molecule has 1 aromatic heterocycles. The highest BCUT2D eigenvalue weighted by Gasteiger charge is 2.31. The van der Waals surface area contributed by atoms with E-state index in [4.69, 9.17) is 29.2 Å². The van der Waals surface area contributed by atoms with Crippen LogP contribution in [0.1, 0.15) is 149 Å². The Labute approximate surface area is 336 Å². The second kappa shape index (κ2) is 24.6. The van der Waals surface area contributed by atoms with Crippen LogP contribution in [0.4, 0.5) is 17.8 Å². The molecule has 0 spiro atoms. The van der Waals surface area contributed by atoms with Gasteiger partial charge < -0.3 is 28.9 Å². The summed E-state index contributed by atoms with van der Waals surface area (Å²) in [6, 6.07) is 0.956. The zero-order valence-electron chi connectivity index (χ0n) is 34.7. The van der Waals surface area contributed by atoms with Crippen molar-refractivity contribution in [3.63, 3.8) is 0 Å². The van der Waals surface area contributed by atoms with E-state index >= 15 is 0 Å². The zero-order chi connectivity index (χ0) is 40.1. The van der Waals surface area contributed by atoms with Crippen molar-refractivity contribution in [1.82, 2.24) is 15.0 Å². The van der Waals surface area contributed by atoms with E-state index in [9.17, 15) is 14.4 Å². The fourth-order valence-electron chi connectivity index (χ4n) is 8.20. The zero-order valence-corrected chi connectivity index (χ0v) is 34.7. The van der Waals surface area contributed by atoms with Gasteiger partial charge in [-0.2, -0.15) is 15.0 Å². The standard InChI is InChI=1S/C44H70N6O6/c1-6-39(51)54-31-19-16-28-48(36-22-10-7-11-23-36)42-45-43(49(37-24-12-8-13-25-37)29-17-20-32-55-40(52)34(2)3)47-44(46-42)50(38-26-14-9-15-27-38)30-18-21-33-56-41(53)35(4)5/h6,36-38H,1-2,4,7-33H2,3,5H3. The molecule has 0 amide bonds. The van der Waals surface area contributed by atoms with Gasteiger partial charge in [-0.3, -0.25) is 0 Å². The van der Waals surface area contributed by atoms with E-state index in [0.717, 1.165) is 115 Å². The first-order valence-corrected chi connectivity index (χ1v) is 21.7. The highest BCUT2D eigenvalue weighted by Crippen LogP contribution is 2.33. The van der Waals surface area contributed by atoms with Crippen LogP contribution in [0.5, 0.6) is 0 Å². The molecule has 0 radical (unpaired) electrons. The first kappa shape index (κ1) is 44.8. The topological polar surface area (TPSA) is 127 Å². The van der Waals surface area contributed by atoms with E-state index in [1.165, 1.54) is 63.9 Å². The normalized spacial score (nSPS) is 16.8. The van der Waals surface area contributed by atoms with Crippen LogP contribution in [-0.4, -0.2) is 90.4 Å². The molecule has 0 aromatic carbocycles. The van der Waals surface area contributed by atoms with E-state index in [0.29, 0.717) is 49.1 Å². The molecular weight excluding hydrogens is 709 g/mol. The molecule has 1 aromatic rings. The number of hydrogen-bond acceptors (Lipinski definition) is 12. The van der Waals surface area contributed by atoms with Gasteiger partial charge in [-0.25, -0.2) is 14.4 Å². The Morgan fingerprint density at radius 1 is 0.536 bits per heavy atom. The van der Waals surface area contributed by atoms with Gasteiger partial charge >= 0.3 is 17.9 Å². The molecule has 312 valence electrons. The summed E-state index contributed by atoms with van der Waals surface area (Å²) in [4.78, 5) is 59.3. The van der Waals surface area contributed by atoms with Gasteiger partial charge in [0.25, 0.3) is 0 Å². The van der Waals surface area contributed by atoms with Crippen LogP contribution in [0, 0.1) is 0 Å². The summed E-state index contributed by atoms with van der Waals surface area (Å²) in [6.45, 7) is 17.6. The second-order valence-electron chi connectivity index (χ2n) is 16.0. The summed E-state index contributed by atoms with van der Waals surface area (Å²) in [5.74, 6) is 1.10. The van der Waals surface area contributed by atoms with E-state index in [2.05, 4.69) is 34.4 Å². The number of esters is 3. The molecule has 3 fully saturated rings. The lowest BCUT2D eigenvalue weighted by Gasteiger charge is -2.39. The molecule has 0 bridgehead atoms. The van der Waals surface area contributed by atoms with E-state index in [-0.39, 0.29) is 11.9 Å². The minimum atomic E-state index is -0.394. The second-order valence-corrected chi connectivity index (χ2v) is 16.0. The van der Waals surface area contributed by atoms with Crippen LogP contribution in [0.2, 0.25) is 0 Å². The minimum Gasteiger partial charge on any atom is -0.463 e. The first-order valence-electron chi connectivity index (χ1n) is 21.7. The molecule has 0 saturated heterocycles. The number of carbonyl (C=O) groups is 3. The highest BCUT2D eigenvalue weighted by atomic mass is 16.5. The van der Waals surface area contributed by atoms with Crippen molar-refractivity contribution in [2.24, 2.45) is 0 Å². The Morgan fingerprint density at radius 2 is 0.839 bits per heavy atom. The average Bonchev–Trinajstić information content (AvgIpc) is 3.22. The average molecular weight is 779 g/mol. The minimum absolute atomic E-state index is 0.318. The number of unbranched alkanes of at least 4 members (excludes halogenated alkanes) is 3. The van der Waals surface area contributed by atoms with Gasteiger partial charge in [0.1, 0.15) is 0 Å². The van der Waals surface area contributed by atoms with Crippen LogP contribution < -0.4 is 14.7 Å². The summed E-state index contributed by atoms with van der Waals surface area (Å²) in [5, 5.41) is 0. The Hall–Kier alpha value is -3.96. The number of aromatic nitrogens is 3. The molecular formula is C44H70N6O6. The third-order valence-electron chi connectivity index (χ3n) is 11.4. The van der Waals surface area contributed by atoms with Crippen molar-refractivity contribution in [3.05, 3.63) is 37.0 Å². The molecule has 1 heterocycles. The van der Waals surface area contributed by atoms with Gasteiger partial charge in [0.15, 0.2) is 0 Å². The summed E-state index contributed by atoms with van der Waals surface area (Å²) in [7, 11) is 0. The van der Waals surface area contributed by atoms with E-state index < -0.39 is 5.97 Å². The van der Waals surface area contributed by atoms with Gasteiger partial charge in [-0.15, -0.1) is 0 Å². The van der Waals surface area contributed by atoms with Gasteiger partial charge in [0, 0.05) is 55.0 Å². The molecule has 0 aliphatic heterocycles. The summed E-state index contributed by atoms with van der Waals surface area (Å²) in [5.41, 5.74) is 0.824. The molecule has 3 aliphatic rings. The molecule has 3 aliphatic carbocycles. The lowest BCUT2D eigenvalue weighted by atomic mass is 9.94. The predicted molar refractivity (Wildman–Crippen MR) is 223 cm³/mol. The van der Waals surface area contributed by atoms with Gasteiger partial charge in [0.2, 0.25) is 17.8 Å². The molecule has 12 heteroatoms. The lowest BCUT2D eigenvalue weighted by molar-refractivity contribution is -0.139. The monoisotopic (exact) mass is 779 g/mol. The van der Waals surface area contributed by atoms with Crippen molar-refractivity contribution in [1.29, 1.82) is 0 Å². The van der Waals surface area contributed by atoms with Gasteiger partial charge in [0.05, 0.1) is 19.8 Å². The van der Waals surface area contributed by atoms with Crippen molar-refractivity contribution >= 4 is 35.8 Å². The third-order valence-corrected chi connectivity index (χ3v) is 11.4. The smallest absolute Gasteiger partial charge is 0.333 e. The molecule has 0 unspecified atom stereocenters. The maximum absolute atomic E-state index is 12.1. The Kier molecular flexibility index (Phi) is 19.7. The number of rotatable bonds is 24. The molecule has 56 heavy (non-hydrogen) atoms. The van der Waals surface area contributed by atoms with Crippen molar-refractivity contribution in [3.8, 4) is 0 Å². The summed E-state index contributed by atoms with van der Waals surface area (Å²) < 4.78 is 16.2. The molecule has 0 atom stereocenters. The maximum atomic E-state index is 12.1. The van der Waals surface area contributed by atoms with Crippen LogP contribution in [-0.2, 0) is 28.6 Å². The quantitative estimate of drug-likeness (QED) is 0.0432. The molecule has 12 nitrogen and oxygen atoms in total. The fourth-order valence-corrected chi connectivity index (χ4v) is 8.20. The molecule has 0 N–H and O–H groups in total. The summed E-state index contributed by atoms with van der Waals surface area (Å²) >= 11 is 0.